The summed E-state index contributed by atoms with van der Waals surface area (Å²) in [5, 5.41) is 2.97. The Bertz CT molecular complexity index is 1090. The van der Waals surface area contributed by atoms with E-state index in [1.54, 1.807) is 12.1 Å². The Morgan fingerprint density at radius 3 is 2.18 bits per heavy atom. The van der Waals surface area contributed by atoms with E-state index in [1.807, 2.05) is 71.0 Å². The molecule has 2 unspecified atom stereocenters. The van der Waals surface area contributed by atoms with Gasteiger partial charge in [-0.2, -0.15) is 0 Å². The van der Waals surface area contributed by atoms with E-state index in [0.717, 1.165) is 33.7 Å². The quantitative estimate of drug-likeness (QED) is 0.522. The number of amides is 2. The van der Waals surface area contributed by atoms with Crippen LogP contribution in [0.1, 0.15) is 50.3 Å². The van der Waals surface area contributed by atoms with Gasteiger partial charge in [-0.1, -0.05) is 56.3 Å². The topological polar surface area (TPSA) is 86.8 Å². The maximum atomic E-state index is 13.7. The number of carbonyl (C=O) groups is 2. The Balaban J connectivity index is 2.46. The monoisotopic (exact) mass is 487 g/mol. The Labute approximate surface area is 204 Å². The van der Waals surface area contributed by atoms with Crippen molar-refractivity contribution in [3.8, 4) is 0 Å². The lowest BCUT2D eigenvalue weighted by Gasteiger charge is -2.33. The second-order valence-corrected chi connectivity index (χ2v) is 10.6. The number of sulfonamides is 1. The van der Waals surface area contributed by atoms with Crippen LogP contribution >= 0.6 is 0 Å². The SMILES string of the molecule is CCC(C)NC(=O)C(CC)N(Cc1ccccc1)C(=O)CN(c1cccc(C)c1C)S(C)(=O)=O. The van der Waals surface area contributed by atoms with Gasteiger partial charge in [-0.15, -0.1) is 0 Å². The van der Waals surface area contributed by atoms with Crippen LogP contribution in [0.4, 0.5) is 5.69 Å². The first-order valence-corrected chi connectivity index (χ1v) is 13.5. The van der Waals surface area contributed by atoms with Gasteiger partial charge in [0.25, 0.3) is 0 Å². The summed E-state index contributed by atoms with van der Waals surface area (Å²) in [6, 6.07) is 14.0. The van der Waals surface area contributed by atoms with Crippen molar-refractivity contribution in [2.24, 2.45) is 0 Å². The third-order valence-electron chi connectivity index (χ3n) is 6.11. The van der Waals surface area contributed by atoms with Gasteiger partial charge in [0.2, 0.25) is 21.8 Å². The van der Waals surface area contributed by atoms with Crippen LogP contribution in [0.5, 0.6) is 0 Å². The predicted molar refractivity (Wildman–Crippen MR) is 137 cm³/mol. The van der Waals surface area contributed by atoms with Crippen LogP contribution in [0.15, 0.2) is 48.5 Å². The maximum Gasteiger partial charge on any atom is 0.244 e. The van der Waals surface area contributed by atoms with E-state index >= 15 is 0 Å². The summed E-state index contributed by atoms with van der Waals surface area (Å²) in [4.78, 5) is 28.3. The Morgan fingerprint density at radius 2 is 1.62 bits per heavy atom. The van der Waals surface area contributed by atoms with Crippen LogP contribution in [0.2, 0.25) is 0 Å². The fourth-order valence-corrected chi connectivity index (χ4v) is 4.64. The Hall–Kier alpha value is -2.87. The van der Waals surface area contributed by atoms with Crippen LogP contribution in [-0.2, 0) is 26.2 Å². The van der Waals surface area contributed by atoms with Crippen LogP contribution in [0.3, 0.4) is 0 Å². The molecule has 2 aromatic carbocycles. The number of nitrogens with zero attached hydrogens (tertiary/aromatic N) is 2. The van der Waals surface area contributed by atoms with E-state index in [9.17, 15) is 18.0 Å². The summed E-state index contributed by atoms with van der Waals surface area (Å²) in [6.45, 7) is 9.30. The van der Waals surface area contributed by atoms with Gasteiger partial charge in [-0.3, -0.25) is 13.9 Å². The van der Waals surface area contributed by atoms with Gasteiger partial charge in [0, 0.05) is 12.6 Å². The minimum Gasteiger partial charge on any atom is -0.352 e. The molecule has 0 aliphatic carbocycles. The standard InChI is InChI=1S/C26H37N3O4S/c1-7-20(4)27-26(31)23(8-2)28(17-22-14-10-9-11-15-22)25(30)18-29(34(6,32)33)24-16-12-13-19(3)21(24)5/h9-16,20,23H,7-8,17-18H2,1-6H3,(H,27,31). The number of nitrogens with one attached hydrogen (secondary N) is 1. The fourth-order valence-electron chi connectivity index (χ4n) is 3.74. The molecule has 0 fully saturated rings. The average molecular weight is 488 g/mol. The molecule has 2 amide bonds. The molecule has 0 bridgehead atoms. The van der Waals surface area contributed by atoms with E-state index in [1.165, 1.54) is 4.90 Å². The lowest BCUT2D eigenvalue weighted by atomic mass is 10.1. The second kappa shape index (κ2) is 12.0. The molecule has 2 atom stereocenters. The maximum absolute atomic E-state index is 13.7. The van der Waals surface area contributed by atoms with Gasteiger partial charge >= 0.3 is 0 Å². The van der Waals surface area contributed by atoms with E-state index in [-0.39, 0.29) is 25.0 Å². The zero-order valence-electron chi connectivity index (χ0n) is 21.0. The number of hydrogen-bond donors (Lipinski definition) is 1. The van der Waals surface area contributed by atoms with E-state index < -0.39 is 22.0 Å². The van der Waals surface area contributed by atoms with Crippen molar-refractivity contribution in [3.63, 3.8) is 0 Å². The molecule has 1 N–H and O–H groups in total. The third-order valence-corrected chi connectivity index (χ3v) is 7.23. The fraction of sp³-hybridized carbons (Fsp3) is 0.462. The van der Waals surface area contributed by atoms with E-state index in [2.05, 4.69) is 5.32 Å². The van der Waals surface area contributed by atoms with Gasteiger partial charge in [0.1, 0.15) is 12.6 Å². The molecule has 0 aliphatic rings. The summed E-state index contributed by atoms with van der Waals surface area (Å²) >= 11 is 0. The zero-order chi connectivity index (χ0) is 25.5. The molecule has 2 aromatic rings. The molecular weight excluding hydrogens is 450 g/mol. The zero-order valence-corrected chi connectivity index (χ0v) is 21.9. The van der Waals surface area contributed by atoms with E-state index in [4.69, 9.17) is 0 Å². The summed E-state index contributed by atoms with van der Waals surface area (Å²) in [5.74, 6) is -0.667. The molecule has 7 nitrogen and oxygen atoms in total. The summed E-state index contributed by atoms with van der Waals surface area (Å²) in [5.41, 5.74) is 3.05. The van der Waals surface area contributed by atoms with Crippen LogP contribution in [0, 0.1) is 13.8 Å². The number of anilines is 1. The highest BCUT2D eigenvalue weighted by Crippen LogP contribution is 2.25. The molecular formula is C26H37N3O4S. The molecule has 8 heteroatoms. The Morgan fingerprint density at radius 1 is 0.971 bits per heavy atom. The van der Waals surface area contributed by atoms with Crippen molar-refractivity contribution in [1.29, 1.82) is 0 Å². The molecule has 0 saturated heterocycles. The molecule has 0 aliphatic heterocycles. The lowest BCUT2D eigenvalue weighted by Crippen LogP contribution is -2.53. The lowest BCUT2D eigenvalue weighted by molar-refractivity contribution is -0.140. The molecule has 0 saturated carbocycles. The van der Waals surface area contributed by atoms with Crippen molar-refractivity contribution in [2.75, 3.05) is 17.1 Å². The van der Waals surface area contributed by atoms with Crippen molar-refractivity contribution < 1.29 is 18.0 Å². The van der Waals surface area contributed by atoms with Crippen LogP contribution in [-0.4, -0.2) is 50.0 Å². The van der Waals surface area contributed by atoms with Gasteiger partial charge in [0.05, 0.1) is 11.9 Å². The molecule has 0 aromatic heterocycles. The molecule has 0 radical (unpaired) electrons. The highest BCUT2D eigenvalue weighted by atomic mass is 32.2. The molecule has 0 spiro atoms. The minimum absolute atomic E-state index is 0.0299. The highest BCUT2D eigenvalue weighted by Gasteiger charge is 2.32. The molecule has 2 rings (SSSR count). The smallest absolute Gasteiger partial charge is 0.244 e. The number of benzene rings is 2. The van der Waals surface area contributed by atoms with Crippen molar-refractivity contribution >= 4 is 27.5 Å². The molecule has 0 heterocycles. The first kappa shape index (κ1) is 27.4. The normalized spacial score (nSPS) is 13.1. The number of hydrogen-bond acceptors (Lipinski definition) is 4. The van der Waals surface area contributed by atoms with Gasteiger partial charge in [-0.05, 0) is 56.4 Å². The summed E-state index contributed by atoms with van der Waals surface area (Å²) in [7, 11) is -3.75. The minimum atomic E-state index is -3.75. The first-order chi connectivity index (χ1) is 16.0. The van der Waals surface area contributed by atoms with E-state index in [0.29, 0.717) is 12.1 Å². The van der Waals surface area contributed by atoms with Crippen molar-refractivity contribution in [1.82, 2.24) is 10.2 Å². The molecule has 34 heavy (non-hydrogen) atoms. The third kappa shape index (κ3) is 7.06. The van der Waals surface area contributed by atoms with Crippen molar-refractivity contribution in [3.05, 3.63) is 65.2 Å². The van der Waals surface area contributed by atoms with Gasteiger partial charge in [0.15, 0.2) is 0 Å². The summed E-state index contributed by atoms with van der Waals surface area (Å²) in [6.07, 6.45) is 2.27. The van der Waals surface area contributed by atoms with Gasteiger partial charge < -0.3 is 10.2 Å². The Kier molecular flexibility index (Phi) is 9.67. The average Bonchev–Trinajstić information content (AvgIpc) is 2.79. The largest absolute Gasteiger partial charge is 0.352 e. The van der Waals surface area contributed by atoms with Crippen LogP contribution in [0.25, 0.3) is 0 Å². The first-order valence-electron chi connectivity index (χ1n) is 11.7. The van der Waals surface area contributed by atoms with Gasteiger partial charge in [-0.25, -0.2) is 8.42 Å². The van der Waals surface area contributed by atoms with Crippen molar-refractivity contribution in [2.45, 2.75) is 66.1 Å². The number of rotatable bonds is 11. The number of carbonyl (C=O) groups excluding carboxylic acids is 2. The predicted octanol–water partition coefficient (Wildman–Crippen LogP) is 3.79. The second-order valence-electron chi connectivity index (χ2n) is 8.74. The van der Waals surface area contributed by atoms with Crippen LogP contribution < -0.4 is 9.62 Å². The highest BCUT2D eigenvalue weighted by molar-refractivity contribution is 7.92. The summed E-state index contributed by atoms with van der Waals surface area (Å²) < 4.78 is 26.6. The number of aryl methyl sites for hydroxylation is 1. The molecule has 186 valence electrons.